The molecule has 1 unspecified atom stereocenters. The van der Waals surface area contributed by atoms with E-state index >= 15 is 0 Å². The molecular weight excluding hydrogens is 302 g/mol. The van der Waals surface area contributed by atoms with E-state index in [0.29, 0.717) is 5.56 Å². The third-order valence-corrected chi connectivity index (χ3v) is 3.52. The van der Waals surface area contributed by atoms with Crippen molar-refractivity contribution in [2.75, 3.05) is 0 Å². The third kappa shape index (κ3) is 3.07. The zero-order valence-corrected chi connectivity index (χ0v) is 11.0. The lowest BCUT2D eigenvalue weighted by Crippen LogP contribution is -2.05. The predicted octanol–water partition coefficient (Wildman–Crippen LogP) is 4.77. The molecule has 0 heterocycles. The Hall–Kier alpha value is -1.42. The molecule has 0 amide bonds. The van der Waals surface area contributed by atoms with Crippen LogP contribution in [0.3, 0.4) is 0 Å². The number of halogens is 3. The topological polar surface area (TPSA) is 9.23 Å². The van der Waals surface area contributed by atoms with E-state index in [1.54, 1.807) is 24.3 Å². The number of alkyl halides is 3. The van der Waals surface area contributed by atoms with Gasteiger partial charge >= 0.3 is 6.61 Å². The second kappa shape index (κ2) is 5.96. The summed E-state index contributed by atoms with van der Waals surface area (Å²) in [5.41, 5.74) is 1.67. The first-order valence-corrected chi connectivity index (χ1v) is 6.33. The van der Waals surface area contributed by atoms with Crippen molar-refractivity contribution in [3.05, 3.63) is 65.7 Å². The van der Waals surface area contributed by atoms with E-state index in [0.717, 1.165) is 5.56 Å². The summed E-state index contributed by atoms with van der Waals surface area (Å²) in [5, 5.41) is 0. The summed E-state index contributed by atoms with van der Waals surface area (Å²) in [5.74, 6) is 0.193. The van der Waals surface area contributed by atoms with E-state index in [1.807, 2.05) is 30.3 Å². The number of ether oxygens (including phenoxy) is 1. The molecule has 0 fully saturated rings. The molecule has 0 aliphatic heterocycles. The Bertz CT molecular complexity index is 502. The van der Waals surface area contributed by atoms with Crippen LogP contribution in [0.2, 0.25) is 0 Å². The first-order valence-electron chi connectivity index (χ1n) is 5.41. The molecule has 0 aromatic heterocycles. The molecule has 94 valence electrons. The van der Waals surface area contributed by atoms with Crippen LogP contribution < -0.4 is 4.74 Å². The summed E-state index contributed by atoms with van der Waals surface area (Å²) in [4.78, 5) is -0.173. The maximum Gasteiger partial charge on any atom is 0.387 e. The molecule has 1 atom stereocenters. The molecule has 2 aromatic carbocycles. The van der Waals surface area contributed by atoms with Crippen LogP contribution in [-0.4, -0.2) is 6.61 Å². The number of benzene rings is 2. The van der Waals surface area contributed by atoms with Crippen molar-refractivity contribution >= 4 is 15.9 Å². The van der Waals surface area contributed by atoms with Gasteiger partial charge in [-0.15, -0.1) is 0 Å². The number of rotatable bonds is 4. The van der Waals surface area contributed by atoms with Gasteiger partial charge in [0, 0.05) is 5.56 Å². The van der Waals surface area contributed by atoms with Crippen molar-refractivity contribution in [1.29, 1.82) is 0 Å². The summed E-state index contributed by atoms with van der Waals surface area (Å²) in [6.45, 7) is -2.82. The van der Waals surface area contributed by atoms with Crippen LogP contribution in [0, 0.1) is 0 Å². The zero-order valence-electron chi connectivity index (χ0n) is 9.39. The minimum Gasteiger partial charge on any atom is -0.434 e. The molecule has 0 spiro atoms. The molecular formula is C14H11BrF2O. The second-order valence-corrected chi connectivity index (χ2v) is 4.61. The summed E-state index contributed by atoms with van der Waals surface area (Å²) in [6, 6.07) is 16.3. The molecule has 0 bridgehead atoms. The first-order chi connectivity index (χ1) is 8.68. The number of para-hydroxylation sites is 1. The highest BCUT2D eigenvalue weighted by Gasteiger charge is 2.16. The SMILES string of the molecule is FC(F)Oc1ccccc1C(Br)c1ccccc1. The Labute approximate surface area is 113 Å². The Balaban J connectivity index is 2.33. The van der Waals surface area contributed by atoms with E-state index in [1.165, 1.54) is 0 Å². The molecule has 2 aromatic rings. The Morgan fingerprint density at radius 3 is 2.17 bits per heavy atom. The lowest BCUT2D eigenvalue weighted by Gasteiger charge is -2.15. The monoisotopic (exact) mass is 312 g/mol. The van der Waals surface area contributed by atoms with E-state index in [4.69, 9.17) is 0 Å². The van der Waals surface area contributed by atoms with Crippen LogP contribution in [0.5, 0.6) is 5.75 Å². The average Bonchev–Trinajstić information content (AvgIpc) is 2.39. The molecule has 1 nitrogen and oxygen atoms in total. The maximum atomic E-state index is 12.3. The average molecular weight is 313 g/mol. The van der Waals surface area contributed by atoms with Crippen LogP contribution in [0.4, 0.5) is 8.78 Å². The van der Waals surface area contributed by atoms with E-state index in [9.17, 15) is 8.78 Å². The van der Waals surface area contributed by atoms with Crippen molar-refractivity contribution in [1.82, 2.24) is 0 Å². The predicted molar refractivity (Wildman–Crippen MR) is 70.3 cm³/mol. The van der Waals surface area contributed by atoms with Crippen molar-refractivity contribution in [2.45, 2.75) is 11.4 Å². The quantitative estimate of drug-likeness (QED) is 0.739. The Kier molecular flexibility index (Phi) is 4.31. The van der Waals surface area contributed by atoms with Crippen molar-refractivity contribution in [3.63, 3.8) is 0 Å². The Morgan fingerprint density at radius 1 is 0.889 bits per heavy atom. The van der Waals surface area contributed by atoms with Crippen molar-refractivity contribution in [2.24, 2.45) is 0 Å². The van der Waals surface area contributed by atoms with Crippen molar-refractivity contribution in [3.8, 4) is 5.75 Å². The van der Waals surface area contributed by atoms with Gasteiger partial charge in [0.1, 0.15) is 5.75 Å². The van der Waals surface area contributed by atoms with Crippen LogP contribution in [0.15, 0.2) is 54.6 Å². The van der Waals surface area contributed by atoms with Gasteiger partial charge in [-0.25, -0.2) is 0 Å². The van der Waals surface area contributed by atoms with Gasteiger partial charge in [0.05, 0.1) is 4.83 Å². The molecule has 18 heavy (non-hydrogen) atoms. The number of hydrogen-bond acceptors (Lipinski definition) is 1. The minimum atomic E-state index is -2.82. The lowest BCUT2D eigenvalue weighted by molar-refractivity contribution is -0.0503. The highest BCUT2D eigenvalue weighted by molar-refractivity contribution is 9.09. The molecule has 0 saturated heterocycles. The van der Waals surface area contributed by atoms with Gasteiger partial charge in [0.25, 0.3) is 0 Å². The molecule has 0 radical (unpaired) electrons. The summed E-state index contributed by atoms with van der Waals surface area (Å²) in [7, 11) is 0. The second-order valence-electron chi connectivity index (χ2n) is 3.69. The van der Waals surface area contributed by atoms with Gasteiger partial charge in [-0.1, -0.05) is 64.5 Å². The lowest BCUT2D eigenvalue weighted by atomic mass is 10.0. The maximum absolute atomic E-state index is 12.3. The van der Waals surface area contributed by atoms with Gasteiger partial charge in [-0.2, -0.15) is 8.78 Å². The fourth-order valence-corrected chi connectivity index (χ4v) is 2.38. The Morgan fingerprint density at radius 2 is 1.50 bits per heavy atom. The van der Waals surface area contributed by atoms with E-state index < -0.39 is 6.61 Å². The molecule has 4 heteroatoms. The molecule has 0 aliphatic carbocycles. The van der Waals surface area contributed by atoms with Gasteiger partial charge in [0.2, 0.25) is 0 Å². The van der Waals surface area contributed by atoms with Gasteiger partial charge in [0.15, 0.2) is 0 Å². The highest BCUT2D eigenvalue weighted by Crippen LogP contribution is 2.36. The van der Waals surface area contributed by atoms with Crippen LogP contribution in [-0.2, 0) is 0 Å². The summed E-state index contributed by atoms with van der Waals surface area (Å²) < 4.78 is 29.2. The third-order valence-electron chi connectivity index (χ3n) is 2.50. The van der Waals surface area contributed by atoms with Crippen molar-refractivity contribution < 1.29 is 13.5 Å². The molecule has 2 rings (SSSR count). The molecule has 0 aliphatic rings. The minimum absolute atomic E-state index is 0.173. The van der Waals surface area contributed by atoms with Crippen LogP contribution in [0.25, 0.3) is 0 Å². The summed E-state index contributed by atoms with van der Waals surface area (Å²) in [6.07, 6.45) is 0. The smallest absolute Gasteiger partial charge is 0.387 e. The van der Waals surface area contributed by atoms with E-state index in [-0.39, 0.29) is 10.6 Å². The molecule has 0 N–H and O–H groups in total. The fourth-order valence-electron chi connectivity index (χ4n) is 1.69. The van der Waals surface area contributed by atoms with Gasteiger partial charge in [-0.3, -0.25) is 0 Å². The summed E-state index contributed by atoms with van der Waals surface area (Å²) >= 11 is 3.51. The normalized spacial score (nSPS) is 12.4. The molecule has 0 saturated carbocycles. The highest BCUT2D eigenvalue weighted by atomic mass is 79.9. The first kappa shape index (κ1) is 13.0. The fraction of sp³-hybridized carbons (Fsp3) is 0.143. The van der Waals surface area contributed by atoms with E-state index in [2.05, 4.69) is 20.7 Å². The van der Waals surface area contributed by atoms with Gasteiger partial charge < -0.3 is 4.74 Å². The largest absolute Gasteiger partial charge is 0.434 e. The van der Waals surface area contributed by atoms with Gasteiger partial charge in [-0.05, 0) is 11.6 Å². The standard InChI is InChI=1S/C14H11BrF2O/c15-13(10-6-2-1-3-7-10)11-8-4-5-9-12(11)18-14(16)17/h1-9,13-14H. The van der Waals surface area contributed by atoms with Crippen LogP contribution in [0.1, 0.15) is 16.0 Å². The zero-order chi connectivity index (χ0) is 13.0. The number of hydrogen-bond donors (Lipinski definition) is 0. The van der Waals surface area contributed by atoms with Crippen LogP contribution >= 0.6 is 15.9 Å².